The van der Waals surface area contributed by atoms with Gasteiger partial charge in [0.2, 0.25) is 11.8 Å². The third-order valence-electron chi connectivity index (χ3n) is 2.64. The highest BCUT2D eigenvalue weighted by atomic mass is 32.1. The Kier molecular flexibility index (Phi) is 7.06. The summed E-state index contributed by atoms with van der Waals surface area (Å²) in [4.78, 5) is 44.6. The largest absolute Gasteiger partial charge is 0.286 e. The molecular weight excluding hydrogens is 268 g/mol. The maximum atomic E-state index is 10.8. The molecule has 2 heterocycles. The van der Waals surface area contributed by atoms with Crippen molar-refractivity contribution in [2.24, 2.45) is 5.92 Å². The monoisotopic (exact) mass is 286 g/mol. The molecule has 1 atom stereocenters. The molecule has 0 N–H and O–H groups in total. The van der Waals surface area contributed by atoms with Crippen LogP contribution in [0.1, 0.15) is 13.3 Å². The highest BCUT2D eigenvalue weighted by Crippen LogP contribution is 2.15. The van der Waals surface area contributed by atoms with Gasteiger partial charge < -0.3 is 0 Å². The summed E-state index contributed by atoms with van der Waals surface area (Å²) in [5.74, 6) is -0.694. The van der Waals surface area contributed by atoms with E-state index in [-0.39, 0.29) is 29.5 Å². The molecule has 0 aliphatic carbocycles. The first-order valence-electron chi connectivity index (χ1n) is 5.59. The van der Waals surface area contributed by atoms with Crippen LogP contribution < -0.4 is 0 Å². The Balaban J connectivity index is 0.000000303. The lowest BCUT2D eigenvalue weighted by Gasteiger charge is -2.03. The number of likely N-dealkylation sites (tertiary alicyclic amines) is 1. The third kappa shape index (κ3) is 4.51. The fraction of sp³-hybridized carbons (Fsp3) is 0.500. The first kappa shape index (κ1) is 17.4. The van der Waals surface area contributed by atoms with Crippen LogP contribution in [0.5, 0.6) is 0 Å². The molecule has 0 aromatic rings. The van der Waals surface area contributed by atoms with E-state index < -0.39 is 0 Å². The lowest BCUT2D eigenvalue weighted by Crippen LogP contribution is -2.24. The van der Waals surface area contributed by atoms with Crippen molar-refractivity contribution in [3.05, 3.63) is 12.2 Å². The van der Waals surface area contributed by atoms with Crippen LogP contribution in [0, 0.1) is 5.92 Å². The van der Waals surface area contributed by atoms with Gasteiger partial charge in [-0.3, -0.25) is 29.0 Å². The Labute approximate surface area is 117 Å². The van der Waals surface area contributed by atoms with Gasteiger partial charge in [-0.05, 0) is 6.26 Å². The number of hydrogen-bond donors (Lipinski definition) is 1. The SMILES string of the molecule is CC1CC(=O)N(C)C1=O.CN1C(=O)C=CC1=O.CS. The Morgan fingerprint density at radius 2 is 1.42 bits per heavy atom. The van der Waals surface area contributed by atoms with Crippen LogP contribution in [0.3, 0.4) is 0 Å². The molecule has 106 valence electrons. The highest BCUT2D eigenvalue weighted by Gasteiger charge is 2.32. The number of carbonyl (C=O) groups excluding carboxylic acids is 4. The Morgan fingerprint density at radius 1 is 1.00 bits per heavy atom. The van der Waals surface area contributed by atoms with Crippen molar-refractivity contribution < 1.29 is 19.2 Å². The molecule has 0 spiro atoms. The number of thiol groups is 1. The van der Waals surface area contributed by atoms with Gasteiger partial charge in [-0.15, -0.1) is 0 Å². The molecule has 2 rings (SSSR count). The molecule has 1 unspecified atom stereocenters. The van der Waals surface area contributed by atoms with E-state index in [1.807, 2.05) is 0 Å². The second-order valence-electron chi connectivity index (χ2n) is 3.96. The number of rotatable bonds is 0. The van der Waals surface area contributed by atoms with Gasteiger partial charge in [0.1, 0.15) is 0 Å². The molecule has 6 nitrogen and oxygen atoms in total. The summed E-state index contributed by atoms with van der Waals surface area (Å²) in [5.41, 5.74) is 0. The average molecular weight is 286 g/mol. The summed E-state index contributed by atoms with van der Waals surface area (Å²) in [7, 11) is 2.97. The molecule has 0 aromatic carbocycles. The van der Waals surface area contributed by atoms with Gasteiger partial charge in [-0.25, -0.2) is 0 Å². The maximum absolute atomic E-state index is 10.8. The first-order valence-corrected chi connectivity index (χ1v) is 6.49. The number of amides is 4. The van der Waals surface area contributed by atoms with E-state index in [9.17, 15) is 19.2 Å². The minimum absolute atomic E-state index is 0.0556. The summed E-state index contributed by atoms with van der Waals surface area (Å²) in [6.07, 6.45) is 4.58. The molecule has 19 heavy (non-hydrogen) atoms. The Bertz CT molecular complexity index is 402. The fourth-order valence-corrected chi connectivity index (χ4v) is 1.41. The number of nitrogens with zero attached hydrogens (tertiary/aromatic N) is 2. The number of carbonyl (C=O) groups is 4. The summed E-state index contributed by atoms with van der Waals surface area (Å²) in [6, 6.07) is 0. The van der Waals surface area contributed by atoms with E-state index in [2.05, 4.69) is 12.6 Å². The van der Waals surface area contributed by atoms with Gasteiger partial charge in [-0.2, -0.15) is 12.6 Å². The summed E-state index contributed by atoms with van der Waals surface area (Å²) >= 11 is 3.53. The molecule has 7 heteroatoms. The summed E-state index contributed by atoms with van der Waals surface area (Å²) in [6.45, 7) is 1.77. The molecule has 1 saturated heterocycles. The molecule has 0 bridgehead atoms. The van der Waals surface area contributed by atoms with E-state index in [0.717, 1.165) is 4.90 Å². The van der Waals surface area contributed by atoms with Crippen LogP contribution >= 0.6 is 12.6 Å². The molecule has 4 amide bonds. The zero-order valence-corrected chi connectivity index (χ0v) is 12.3. The minimum Gasteiger partial charge on any atom is -0.286 e. The predicted octanol–water partition coefficient (Wildman–Crippen LogP) is 0.0984. The van der Waals surface area contributed by atoms with Crippen molar-refractivity contribution in [2.45, 2.75) is 13.3 Å². The maximum Gasteiger partial charge on any atom is 0.253 e. The lowest BCUT2D eigenvalue weighted by atomic mass is 10.1. The van der Waals surface area contributed by atoms with Crippen LogP contribution in [0.4, 0.5) is 0 Å². The summed E-state index contributed by atoms with van der Waals surface area (Å²) in [5, 5.41) is 0. The standard InChI is InChI=1S/C6H9NO2.C5H5NO2.CH4S/c1-4-3-5(8)7(2)6(4)9;1-6-4(7)2-3-5(6)8;1-2/h4H,3H2,1-2H3;2-3H,1H3;2H,1H3. The van der Waals surface area contributed by atoms with Gasteiger partial charge in [0.05, 0.1) is 0 Å². The highest BCUT2D eigenvalue weighted by molar-refractivity contribution is 7.79. The van der Waals surface area contributed by atoms with Gasteiger partial charge in [0, 0.05) is 38.6 Å². The zero-order chi connectivity index (χ0) is 15.2. The quantitative estimate of drug-likeness (QED) is 0.506. The average Bonchev–Trinajstić information content (AvgIpc) is 2.81. The zero-order valence-electron chi connectivity index (χ0n) is 11.4. The number of imide groups is 2. The van der Waals surface area contributed by atoms with Gasteiger partial charge >= 0.3 is 0 Å². The molecule has 2 aliphatic heterocycles. The van der Waals surface area contributed by atoms with Crippen molar-refractivity contribution in [3.8, 4) is 0 Å². The van der Waals surface area contributed by atoms with Gasteiger partial charge in [-0.1, -0.05) is 6.92 Å². The second kappa shape index (κ2) is 7.73. The smallest absolute Gasteiger partial charge is 0.253 e. The molecular formula is C12H18N2O4S. The molecule has 0 saturated carbocycles. The molecule has 2 aliphatic rings. The Morgan fingerprint density at radius 3 is 1.53 bits per heavy atom. The topological polar surface area (TPSA) is 74.8 Å². The van der Waals surface area contributed by atoms with E-state index in [0.29, 0.717) is 6.42 Å². The van der Waals surface area contributed by atoms with Crippen LogP contribution in [0.15, 0.2) is 12.2 Å². The first-order chi connectivity index (χ1) is 8.84. The van der Waals surface area contributed by atoms with E-state index in [1.165, 1.54) is 31.1 Å². The van der Waals surface area contributed by atoms with Gasteiger partial charge in [0.25, 0.3) is 11.8 Å². The molecule has 0 radical (unpaired) electrons. The predicted molar refractivity (Wildman–Crippen MR) is 73.4 cm³/mol. The number of hydrogen-bond acceptors (Lipinski definition) is 5. The normalized spacial score (nSPS) is 21.2. The van der Waals surface area contributed by atoms with Crippen molar-refractivity contribution in [3.63, 3.8) is 0 Å². The second-order valence-corrected chi connectivity index (χ2v) is 3.96. The molecule has 0 aromatic heterocycles. The minimum atomic E-state index is -0.241. The molecule has 1 fully saturated rings. The van der Waals surface area contributed by atoms with Crippen LogP contribution in [-0.4, -0.2) is 53.8 Å². The van der Waals surface area contributed by atoms with Crippen LogP contribution in [0.2, 0.25) is 0 Å². The number of likely N-dealkylation sites (N-methyl/N-ethyl adjacent to an activating group) is 1. The fourth-order valence-electron chi connectivity index (χ4n) is 1.41. The van der Waals surface area contributed by atoms with Crippen LogP contribution in [0.25, 0.3) is 0 Å². The Hall–Kier alpha value is -1.63. The third-order valence-corrected chi connectivity index (χ3v) is 2.64. The van der Waals surface area contributed by atoms with E-state index in [1.54, 1.807) is 13.2 Å². The van der Waals surface area contributed by atoms with Crippen LogP contribution in [-0.2, 0) is 19.2 Å². The lowest BCUT2D eigenvalue weighted by molar-refractivity contribution is -0.138. The van der Waals surface area contributed by atoms with Crippen molar-refractivity contribution in [2.75, 3.05) is 20.4 Å². The van der Waals surface area contributed by atoms with Gasteiger partial charge in [0.15, 0.2) is 0 Å². The van der Waals surface area contributed by atoms with E-state index in [4.69, 9.17) is 0 Å². The van der Waals surface area contributed by atoms with E-state index >= 15 is 0 Å². The summed E-state index contributed by atoms with van der Waals surface area (Å²) < 4.78 is 0. The van der Waals surface area contributed by atoms with Crippen molar-refractivity contribution in [1.29, 1.82) is 0 Å². The van der Waals surface area contributed by atoms with Crippen molar-refractivity contribution >= 4 is 36.3 Å². The van der Waals surface area contributed by atoms with Crippen molar-refractivity contribution in [1.82, 2.24) is 9.80 Å².